The Morgan fingerprint density at radius 2 is 2.18 bits per heavy atom. The highest BCUT2D eigenvalue weighted by Crippen LogP contribution is 2.06. The summed E-state index contributed by atoms with van der Waals surface area (Å²) < 4.78 is 5.60. The summed E-state index contributed by atoms with van der Waals surface area (Å²) in [5, 5.41) is 3.31. The van der Waals surface area contributed by atoms with E-state index in [1.54, 1.807) is 0 Å². The molecule has 1 aliphatic heterocycles. The Hall–Kier alpha value is -0.340. The summed E-state index contributed by atoms with van der Waals surface area (Å²) in [5.41, 5.74) is 0. The van der Waals surface area contributed by atoms with Crippen LogP contribution in [-0.2, 0) is 4.74 Å². The molecule has 2 nitrogen and oxygen atoms in total. The highest BCUT2D eigenvalue weighted by Gasteiger charge is 2.11. The van der Waals surface area contributed by atoms with E-state index in [9.17, 15) is 0 Å². The second-order valence-electron chi connectivity index (χ2n) is 2.85. The molecule has 11 heavy (non-hydrogen) atoms. The van der Waals surface area contributed by atoms with E-state index >= 15 is 0 Å². The van der Waals surface area contributed by atoms with Gasteiger partial charge in [0.2, 0.25) is 0 Å². The van der Waals surface area contributed by atoms with Gasteiger partial charge in [-0.2, -0.15) is 0 Å². The summed E-state index contributed by atoms with van der Waals surface area (Å²) in [6.07, 6.45) is 6.91. The molecular weight excluding hydrogens is 138 g/mol. The molecule has 0 radical (unpaired) electrons. The third-order valence-electron chi connectivity index (χ3n) is 1.95. The summed E-state index contributed by atoms with van der Waals surface area (Å²) in [6, 6.07) is 0. The zero-order valence-electron chi connectivity index (χ0n) is 7.18. The standard InChI is InChI=1S/C9H17NO/c1-2-3-8-11-9-4-6-10-7-5-9/h2-3,9-10H,4-8H2,1H3/b3-2+. The Kier molecular flexibility index (Phi) is 4.24. The van der Waals surface area contributed by atoms with Crippen molar-refractivity contribution in [3.05, 3.63) is 12.2 Å². The molecule has 2 heteroatoms. The monoisotopic (exact) mass is 155 g/mol. The maximum atomic E-state index is 5.60. The molecule has 1 rings (SSSR count). The van der Waals surface area contributed by atoms with Gasteiger partial charge < -0.3 is 10.1 Å². The van der Waals surface area contributed by atoms with Crippen LogP contribution in [0.5, 0.6) is 0 Å². The van der Waals surface area contributed by atoms with Crippen LogP contribution in [0.1, 0.15) is 19.8 Å². The zero-order chi connectivity index (χ0) is 7.94. The van der Waals surface area contributed by atoms with Gasteiger partial charge in [-0.15, -0.1) is 0 Å². The molecule has 0 aromatic carbocycles. The topological polar surface area (TPSA) is 21.3 Å². The molecule has 0 aliphatic carbocycles. The van der Waals surface area contributed by atoms with Crippen molar-refractivity contribution in [2.75, 3.05) is 19.7 Å². The normalized spacial score (nSPS) is 21.2. The van der Waals surface area contributed by atoms with Crippen molar-refractivity contribution in [3.63, 3.8) is 0 Å². The van der Waals surface area contributed by atoms with Crippen LogP contribution < -0.4 is 5.32 Å². The summed E-state index contributed by atoms with van der Waals surface area (Å²) in [4.78, 5) is 0. The minimum atomic E-state index is 0.493. The number of ether oxygens (including phenoxy) is 1. The molecule has 0 spiro atoms. The number of allylic oxidation sites excluding steroid dienone is 1. The van der Waals surface area contributed by atoms with Crippen molar-refractivity contribution < 1.29 is 4.74 Å². The predicted octanol–water partition coefficient (Wildman–Crippen LogP) is 1.33. The molecule has 1 N–H and O–H groups in total. The average molecular weight is 155 g/mol. The Morgan fingerprint density at radius 3 is 2.82 bits per heavy atom. The lowest BCUT2D eigenvalue weighted by Crippen LogP contribution is -2.32. The van der Waals surface area contributed by atoms with E-state index in [1.165, 1.54) is 0 Å². The summed E-state index contributed by atoms with van der Waals surface area (Å²) in [7, 11) is 0. The lowest BCUT2D eigenvalue weighted by atomic mass is 10.1. The van der Waals surface area contributed by atoms with Crippen LogP contribution in [0, 0.1) is 0 Å². The van der Waals surface area contributed by atoms with E-state index in [-0.39, 0.29) is 0 Å². The minimum Gasteiger partial charge on any atom is -0.374 e. The first kappa shape index (κ1) is 8.75. The molecule has 1 fully saturated rings. The molecule has 1 saturated heterocycles. The number of nitrogens with one attached hydrogen (secondary N) is 1. The Balaban J connectivity index is 2.04. The van der Waals surface area contributed by atoms with Crippen LogP contribution in [0.4, 0.5) is 0 Å². The minimum absolute atomic E-state index is 0.493. The molecule has 0 aromatic rings. The quantitative estimate of drug-likeness (QED) is 0.621. The van der Waals surface area contributed by atoms with Crippen LogP contribution in [0.15, 0.2) is 12.2 Å². The first-order valence-electron chi connectivity index (χ1n) is 4.37. The van der Waals surface area contributed by atoms with Crippen molar-refractivity contribution in [3.8, 4) is 0 Å². The number of rotatable bonds is 3. The van der Waals surface area contributed by atoms with Gasteiger partial charge in [0.25, 0.3) is 0 Å². The van der Waals surface area contributed by atoms with Crippen molar-refractivity contribution in [1.82, 2.24) is 5.32 Å². The van der Waals surface area contributed by atoms with Gasteiger partial charge >= 0.3 is 0 Å². The van der Waals surface area contributed by atoms with Crippen molar-refractivity contribution >= 4 is 0 Å². The lowest BCUT2D eigenvalue weighted by molar-refractivity contribution is 0.0515. The van der Waals surface area contributed by atoms with Gasteiger partial charge in [-0.3, -0.25) is 0 Å². The first-order valence-corrected chi connectivity index (χ1v) is 4.37. The van der Waals surface area contributed by atoms with E-state index in [1.807, 2.05) is 13.0 Å². The van der Waals surface area contributed by atoms with Crippen LogP contribution >= 0.6 is 0 Å². The van der Waals surface area contributed by atoms with E-state index < -0.39 is 0 Å². The molecular formula is C9H17NO. The van der Waals surface area contributed by atoms with E-state index in [2.05, 4.69) is 11.4 Å². The van der Waals surface area contributed by atoms with Gasteiger partial charge in [-0.05, 0) is 32.9 Å². The van der Waals surface area contributed by atoms with Crippen LogP contribution in [0.25, 0.3) is 0 Å². The molecule has 64 valence electrons. The number of hydrogen-bond acceptors (Lipinski definition) is 2. The highest BCUT2D eigenvalue weighted by molar-refractivity contribution is 4.77. The van der Waals surface area contributed by atoms with E-state index in [0.29, 0.717) is 6.10 Å². The fourth-order valence-electron chi connectivity index (χ4n) is 1.25. The smallest absolute Gasteiger partial charge is 0.0651 e. The first-order chi connectivity index (χ1) is 5.43. The largest absolute Gasteiger partial charge is 0.374 e. The zero-order valence-corrected chi connectivity index (χ0v) is 7.18. The third-order valence-corrected chi connectivity index (χ3v) is 1.95. The molecule has 1 heterocycles. The molecule has 0 bridgehead atoms. The number of piperidine rings is 1. The van der Waals surface area contributed by atoms with Crippen molar-refractivity contribution in [1.29, 1.82) is 0 Å². The predicted molar refractivity (Wildman–Crippen MR) is 46.7 cm³/mol. The van der Waals surface area contributed by atoms with Gasteiger partial charge in [0, 0.05) is 0 Å². The fraction of sp³-hybridized carbons (Fsp3) is 0.778. The lowest BCUT2D eigenvalue weighted by Gasteiger charge is -2.22. The van der Waals surface area contributed by atoms with Gasteiger partial charge in [0.15, 0.2) is 0 Å². The Morgan fingerprint density at radius 1 is 1.45 bits per heavy atom. The summed E-state index contributed by atoms with van der Waals surface area (Å²) >= 11 is 0. The van der Waals surface area contributed by atoms with Gasteiger partial charge in [0.05, 0.1) is 12.7 Å². The second kappa shape index (κ2) is 5.33. The number of hydrogen-bond donors (Lipinski definition) is 1. The second-order valence-corrected chi connectivity index (χ2v) is 2.85. The van der Waals surface area contributed by atoms with Gasteiger partial charge in [-0.25, -0.2) is 0 Å². The summed E-state index contributed by atoms with van der Waals surface area (Å²) in [6.45, 7) is 5.02. The van der Waals surface area contributed by atoms with Crippen LogP contribution in [0.3, 0.4) is 0 Å². The molecule has 0 atom stereocenters. The van der Waals surface area contributed by atoms with E-state index in [4.69, 9.17) is 4.74 Å². The van der Waals surface area contributed by atoms with E-state index in [0.717, 1.165) is 32.5 Å². The van der Waals surface area contributed by atoms with Crippen molar-refractivity contribution in [2.24, 2.45) is 0 Å². The molecule has 0 aromatic heterocycles. The average Bonchev–Trinajstić information content (AvgIpc) is 2.07. The third kappa shape index (κ3) is 3.54. The molecule has 0 amide bonds. The maximum absolute atomic E-state index is 5.60. The Labute approximate surface area is 68.6 Å². The molecule has 0 saturated carbocycles. The van der Waals surface area contributed by atoms with Gasteiger partial charge in [-0.1, -0.05) is 12.2 Å². The van der Waals surface area contributed by atoms with Crippen molar-refractivity contribution in [2.45, 2.75) is 25.9 Å². The highest BCUT2D eigenvalue weighted by atomic mass is 16.5. The van der Waals surface area contributed by atoms with Gasteiger partial charge in [0.1, 0.15) is 0 Å². The molecule has 0 unspecified atom stereocenters. The Bertz CT molecular complexity index is 117. The van der Waals surface area contributed by atoms with Crippen LogP contribution in [0.2, 0.25) is 0 Å². The van der Waals surface area contributed by atoms with Crippen LogP contribution in [-0.4, -0.2) is 25.8 Å². The summed E-state index contributed by atoms with van der Waals surface area (Å²) in [5.74, 6) is 0. The SMILES string of the molecule is C/C=C/COC1CCNCC1. The maximum Gasteiger partial charge on any atom is 0.0651 e. The molecule has 1 aliphatic rings. The fourth-order valence-corrected chi connectivity index (χ4v) is 1.25.